The standard InChI is InChI=1S/C13H16N4O2/c1-3-14-11-6-4-5-10(15-11)8-17-7-9(2)12(18)16-13(17)19/h4-7H,3,8H2,1-2H3,(H,14,15)(H,16,18,19). The molecule has 2 aromatic rings. The van der Waals surface area contributed by atoms with E-state index in [4.69, 9.17) is 0 Å². The Balaban J connectivity index is 2.31. The monoisotopic (exact) mass is 260 g/mol. The van der Waals surface area contributed by atoms with Gasteiger partial charge in [-0.2, -0.15) is 0 Å². The van der Waals surface area contributed by atoms with Crippen molar-refractivity contribution in [2.24, 2.45) is 0 Å². The third-order valence-corrected chi connectivity index (χ3v) is 2.69. The van der Waals surface area contributed by atoms with Crippen LogP contribution in [0.2, 0.25) is 0 Å². The number of nitrogens with one attached hydrogen (secondary N) is 2. The third-order valence-electron chi connectivity index (χ3n) is 2.69. The van der Waals surface area contributed by atoms with Gasteiger partial charge in [0, 0.05) is 18.3 Å². The van der Waals surface area contributed by atoms with Crippen molar-refractivity contribution in [2.75, 3.05) is 11.9 Å². The van der Waals surface area contributed by atoms with Crippen molar-refractivity contribution in [3.8, 4) is 0 Å². The lowest BCUT2D eigenvalue weighted by molar-refractivity contribution is 0.699. The normalized spacial score (nSPS) is 10.4. The minimum absolute atomic E-state index is 0.329. The Hall–Kier alpha value is -2.37. The van der Waals surface area contributed by atoms with Crippen molar-refractivity contribution in [1.82, 2.24) is 14.5 Å². The van der Waals surface area contributed by atoms with Crippen molar-refractivity contribution < 1.29 is 0 Å². The van der Waals surface area contributed by atoms with Gasteiger partial charge >= 0.3 is 5.69 Å². The summed E-state index contributed by atoms with van der Waals surface area (Å²) in [6.07, 6.45) is 1.54. The van der Waals surface area contributed by atoms with Gasteiger partial charge in [-0.1, -0.05) is 6.07 Å². The predicted octanol–water partition coefficient (Wildman–Crippen LogP) is 0.720. The Labute approximate surface area is 110 Å². The van der Waals surface area contributed by atoms with Crippen LogP contribution in [0.1, 0.15) is 18.2 Å². The van der Waals surface area contributed by atoms with Crippen LogP contribution in [0.3, 0.4) is 0 Å². The van der Waals surface area contributed by atoms with Crippen LogP contribution in [-0.2, 0) is 6.54 Å². The van der Waals surface area contributed by atoms with E-state index < -0.39 is 5.69 Å². The summed E-state index contributed by atoms with van der Waals surface area (Å²) in [6.45, 7) is 4.77. The highest BCUT2D eigenvalue weighted by molar-refractivity contribution is 5.35. The molecule has 0 fully saturated rings. The van der Waals surface area contributed by atoms with Gasteiger partial charge in [0.05, 0.1) is 12.2 Å². The topological polar surface area (TPSA) is 79.8 Å². The van der Waals surface area contributed by atoms with E-state index in [1.54, 1.807) is 13.1 Å². The van der Waals surface area contributed by atoms with Crippen LogP contribution in [-0.4, -0.2) is 21.1 Å². The molecule has 0 amide bonds. The number of nitrogens with zero attached hydrogens (tertiary/aromatic N) is 2. The Morgan fingerprint density at radius 3 is 2.89 bits per heavy atom. The third kappa shape index (κ3) is 3.09. The van der Waals surface area contributed by atoms with Gasteiger partial charge in [-0.05, 0) is 26.0 Å². The lowest BCUT2D eigenvalue weighted by atomic mass is 10.3. The van der Waals surface area contributed by atoms with E-state index in [1.807, 2.05) is 25.1 Å². The summed E-state index contributed by atoms with van der Waals surface area (Å²) in [5.74, 6) is 0.772. The van der Waals surface area contributed by atoms with E-state index in [1.165, 1.54) is 4.57 Å². The summed E-state index contributed by atoms with van der Waals surface area (Å²) in [4.78, 5) is 29.6. The number of anilines is 1. The summed E-state index contributed by atoms with van der Waals surface area (Å²) in [6, 6.07) is 5.59. The van der Waals surface area contributed by atoms with E-state index in [2.05, 4.69) is 15.3 Å². The number of aromatic amines is 1. The summed E-state index contributed by atoms with van der Waals surface area (Å²) < 4.78 is 1.44. The smallest absolute Gasteiger partial charge is 0.328 e. The second-order valence-corrected chi connectivity index (χ2v) is 4.24. The fourth-order valence-corrected chi connectivity index (χ4v) is 1.76. The van der Waals surface area contributed by atoms with E-state index in [0.29, 0.717) is 12.1 Å². The minimum atomic E-state index is -0.425. The summed E-state index contributed by atoms with van der Waals surface area (Å²) in [5.41, 5.74) is 0.483. The van der Waals surface area contributed by atoms with Crippen molar-refractivity contribution in [1.29, 1.82) is 0 Å². The van der Waals surface area contributed by atoms with Gasteiger partial charge in [-0.15, -0.1) is 0 Å². The molecule has 0 saturated heterocycles. The number of hydrogen-bond acceptors (Lipinski definition) is 4. The Morgan fingerprint density at radius 2 is 2.16 bits per heavy atom. The first-order valence-electron chi connectivity index (χ1n) is 6.10. The van der Waals surface area contributed by atoms with E-state index in [9.17, 15) is 9.59 Å². The van der Waals surface area contributed by atoms with Gasteiger partial charge in [0.25, 0.3) is 5.56 Å². The highest BCUT2D eigenvalue weighted by atomic mass is 16.2. The Bertz CT molecular complexity index is 688. The average Bonchev–Trinajstić information content (AvgIpc) is 2.37. The molecule has 0 aliphatic rings. The molecular weight excluding hydrogens is 244 g/mol. The highest BCUT2D eigenvalue weighted by Crippen LogP contribution is 2.05. The van der Waals surface area contributed by atoms with Crippen LogP contribution in [0.4, 0.5) is 5.82 Å². The number of aromatic nitrogens is 3. The molecule has 2 rings (SSSR count). The quantitative estimate of drug-likeness (QED) is 0.849. The minimum Gasteiger partial charge on any atom is -0.370 e. The first-order chi connectivity index (χ1) is 9.10. The second kappa shape index (κ2) is 5.51. The fourth-order valence-electron chi connectivity index (χ4n) is 1.76. The Kier molecular flexibility index (Phi) is 3.79. The lowest BCUT2D eigenvalue weighted by Gasteiger charge is -2.07. The summed E-state index contributed by atoms with van der Waals surface area (Å²) in [7, 11) is 0. The number of aryl methyl sites for hydroxylation is 1. The molecule has 6 heteroatoms. The Morgan fingerprint density at radius 1 is 1.37 bits per heavy atom. The van der Waals surface area contributed by atoms with Crippen LogP contribution in [0.5, 0.6) is 0 Å². The first-order valence-corrected chi connectivity index (χ1v) is 6.10. The molecule has 0 saturated carbocycles. The zero-order valence-electron chi connectivity index (χ0n) is 10.9. The maximum atomic E-state index is 11.7. The number of H-pyrrole nitrogens is 1. The fraction of sp³-hybridized carbons (Fsp3) is 0.308. The number of rotatable bonds is 4. The van der Waals surface area contributed by atoms with Crippen molar-refractivity contribution >= 4 is 5.82 Å². The van der Waals surface area contributed by atoms with E-state index in [0.717, 1.165) is 18.1 Å². The molecule has 0 aliphatic carbocycles. The van der Waals surface area contributed by atoms with Crippen molar-refractivity contribution in [2.45, 2.75) is 20.4 Å². The molecule has 0 spiro atoms. The van der Waals surface area contributed by atoms with Crippen molar-refractivity contribution in [3.63, 3.8) is 0 Å². The molecule has 2 aromatic heterocycles. The maximum Gasteiger partial charge on any atom is 0.328 e. The summed E-state index contributed by atoms with van der Waals surface area (Å²) in [5, 5.41) is 3.11. The van der Waals surface area contributed by atoms with Gasteiger partial charge in [0.1, 0.15) is 5.82 Å². The molecule has 0 atom stereocenters. The molecule has 2 heterocycles. The largest absolute Gasteiger partial charge is 0.370 e. The SMILES string of the molecule is CCNc1cccc(Cn2cc(C)c(=O)[nH]c2=O)n1. The zero-order chi connectivity index (χ0) is 13.8. The molecule has 0 unspecified atom stereocenters. The molecule has 0 aromatic carbocycles. The van der Waals surface area contributed by atoms with E-state index in [-0.39, 0.29) is 5.56 Å². The van der Waals surface area contributed by atoms with Gasteiger partial charge in [0.2, 0.25) is 0 Å². The number of pyridine rings is 1. The molecule has 0 aliphatic heterocycles. The van der Waals surface area contributed by atoms with Crippen LogP contribution < -0.4 is 16.6 Å². The summed E-state index contributed by atoms with van der Waals surface area (Å²) >= 11 is 0. The zero-order valence-corrected chi connectivity index (χ0v) is 10.9. The maximum absolute atomic E-state index is 11.7. The molecule has 0 bridgehead atoms. The molecule has 0 radical (unpaired) electrons. The first kappa shape index (κ1) is 13.1. The van der Waals surface area contributed by atoms with Gasteiger partial charge in [-0.25, -0.2) is 9.78 Å². The number of hydrogen-bond donors (Lipinski definition) is 2. The lowest BCUT2D eigenvalue weighted by Crippen LogP contribution is -2.31. The van der Waals surface area contributed by atoms with Crippen LogP contribution in [0.25, 0.3) is 0 Å². The molecule has 100 valence electrons. The average molecular weight is 260 g/mol. The second-order valence-electron chi connectivity index (χ2n) is 4.24. The van der Waals surface area contributed by atoms with Crippen LogP contribution in [0, 0.1) is 6.92 Å². The van der Waals surface area contributed by atoms with E-state index >= 15 is 0 Å². The van der Waals surface area contributed by atoms with Crippen LogP contribution >= 0.6 is 0 Å². The predicted molar refractivity (Wildman–Crippen MR) is 73.6 cm³/mol. The molecule has 19 heavy (non-hydrogen) atoms. The molecule has 2 N–H and O–H groups in total. The van der Waals surface area contributed by atoms with Gasteiger partial charge < -0.3 is 5.32 Å². The highest BCUT2D eigenvalue weighted by Gasteiger charge is 2.03. The molecular formula is C13H16N4O2. The van der Waals surface area contributed by atoms with Gasteiger partial charge in [-0.3, -0.25) is 14.3 Å². The van der Waals surface area contributed by atoms with Crippen molar-refractivity contribution in [3.05, 3.63) is 56.5 Å². The molecule has 6 nitrogen and oxygen atoms in total. The van der Waals surface area contributed by atoms with Crippen LogP contribution in [0.15, 0.2) is 34.0 Å². The van der Waals surface area contributed by atoms with Gasteiger partial charge in [0.15, 0.2) is 0 Å².